The fourth-order valence-corrected chi connectivity index (χ4v) is 12.1. The molecule has 0 saturated carbocycles. The highest BCUT2D eigenvalue weighted by Crippen LogP contribution is 2.49. The van der Waals surface area contributed by atoms with Gasteiger partial charge in [-0.2, -0.15) is 0 Å². The fraction of sp³-hybridized carbons (Fsp3) is 0.157. The van der Waals surface area contributed by atoms with Crippen LogP contribution >= 0.6 is 0 Å². The molecule has 1 heterocycles. The smallest absolute Gasteiger partial charge is 0.343 e. The van der Waals surface area contributed by atoms with Crippen LogP contribution in [0.1, 0.15) is 124 Å². The number of esters is 10. The quantitative estimate of drug-likeness (QED) is 0.0118. The van der Waals surface area contributed by atoms with E-state index in [1.807, 2.05) is 0 Å². The molecule has 5 unspecified atom stereocenters. The summed E-state index contributed by atoms with van der Waals surface area (Å²) in [6, 6.07) is 11.0. The van der Waals surface area contributed by atoms with Crippen molar-refractivity contribution in [3.05, 3.63) is 177 Å². The minimum Gasteiger partial charge on any atom is -0.504 e. The maximum Gasteiger partial charge on any atom is 0.343 e. The largest absolute Gasteiger partial charge is 0.504 e. The minimum atomic E-state index is -2.64. The van der Waals surface area contributed by atoms with Gasteiger partial charge in [0.15, 0.2) is 138 Å². The number of rotatable bonds is 25. The van der Waals surface area contributed by atoms with Gasteiger partial charge in [0.2, 0.25) is 40.8 Å². The third-order valence-corrected chi connectivity index (χ3v) is 18.5. The molecular weight excluding hydrogens is 1730 g/mol. The molecule has 0 bridgehead atoms. The van der Waals surface area contributed by atoms with Gasteiger partial charge in [-0.3, -0.25) is 0 Å². The van der Waals surface area contributed by atoms with E-state index in [0.717, 1.165) is 6.07 Å². The number of phenols is 24. The number of hydrogen-bond acceptors (Lipinski definition) is 46. The van der Waals surface area contributed by atoms with E-state index in [4.69, 9.17) is 56.8 Å². The van der Waals surface area contributed by atoms with E-state index in [0.29, 0.717) is 115 Å². The lowest BCUT2D eigenvalue weighted by Crippen LogP contribution is -2.55. The summed E-state index contributed by atoms with van der Waals surface area (Å²) in [7, 11) is 0. The lowest BCUT2D eigenvalue weighted by Gasteiger charge is -2.45. The molecule has 10 aromatic carbocycles. The van der Waals surface area contributed by atoms with Crippen molar-refractivity contribution in [3.63, 3.8) is 0 Å². The van der Waals surface area contributed by atoms with Crippen LogP contribution < -0.4 is 28.4 Å². The van der Waals surface area contributed by atoms with Crippen molar-refractivity contribution >= 4 is 59.7 Å². The molecule has 10 aromatic rings. The summed E-state index contributed by atoms with van der Waals surface area (Å²) in [5.41, 5.74) is -9.41. The molecule has 0 radical (unpaired) electrons. The first-order chi connectivity index (χ1) is 60.5. The van der Waals surface area contributed by atoms with Gasteiger partial charge in [0.25, 0.3) is 0 Å². The molecule has 46 nitrogen and oxygen atoms in total. The number of phenolic OH excluding ortho intramolecular Hbond substituents is 24. The van der Waals surface area contributed by atoms with Gasteiger partial charge in [-0.15, -0.1) is 0 Å². The molecule has 0 aromatic heterocycles. The first-order valence-electron chi connectivity index (χ1n) is 36.3. The Morgan fingerprint density at radius 3 is 0.667 bits per heavy atom. The number of benzene rings is 10. The van der Waals surface area contributed by atoms with E-state index in [2.05, 4.69) is 0 Å². The van der Waals surface area contributed by atoms with Crippen LogP contribution in [0, 0.1) is 17.8 Å². The zero-order valence-corrected chi connectivity index (χ0v) is 65.5. The van der Waals surface area contributed by atoms with E-state index < -0.39 is 350 Å². The lowest BCUT2D eigenvalue weighted by atomic mass is 9.76. The number of aromatic hydroxyl groups is 24. The number of carbonyl (C=O) groups is 10. The zero-order chi connectivity index (χ0) is 94.7. The molecule has 0 aliphatic carbocycles. The van der Waals surface area contributed by atoms with Crippen molar-refractivity contribution in [3.8, 4) is 172 Å². The highest BCUT2D eigenvalue weighted by atomic mass is 16.7. The predicted molar refractivity (Wildman–Crippen MR) is 415 cm³/mol. The normalized spacial score (nSPS) is 14.6. The second kappa shape index (κ2) is 36.5. The molecule has 5 atom stereocenters. The standard InChI is InChI=1S/C83H66O46/c1-83(2,3)129-60-23-37(17-54(97)71(60)107)80(116)126-58-21-35(15-52(95)69(58)105)75(111)121-27-61-39(25-119-73(109)33-13-50(93)67(103)56(19-33)123-77(113)29-6-43(86)63(99)44(87)7-29)38(24-118-72(108)32-12-49(92)66(102)55(18-32)122-76(112)28-4-41(84)62(98)42(85)5-28)40(26-120-74(110)34-14-51(94)68(104)57(20-34)124-78(114)30-8-45(88)64(100)46(89)9-30)82(127-61)128-81(117)36-16-53(96)70(106)59(22-36)125-79(115)31-10-47(90)65(101)48(91)11-31/h4-23,38-40,61,82,84-107H,24-27H2,1-3H3. The van der Waals surface area contributed by atoms with Gasteiger partial charge < -0.3 is 179 Å². The van der Waals surface area contributed by atoms with Crippen molar-refractivity contribution in [2.24, 2.45) is 17.8 Å². The molecule has 1 aliphatic rings. The fourth-order valence-electron chi connectivity index (χ4n) is 12.1. The van der Waals surface area contributed by atoms with Gasteiger partial charge in [0, 0.05) is 11.8 Å². The average molecular weight is 1800 g/mol. The molecule has 129 heavy (non-hydrogen) atoms. The SMILES string of the molecule is CC(C)(C)Oc1cc(C(=O)Oc2cc(C(=O)OCC3OC(OC(=O)c4cc(O)c(O)c(OC(=O)c5cc(O)c(O)c(O)c5)c4)C(COC(=O)c4cc(O)c(O)c(OC(=O)c5cc(O)c(O)c(O)c5)c4)C(COC(=O)c4cc(O)c(O)c(OC(=O)c5cc(O)c(O)c(O)c5)c4)C3COC(=O)c3cc(O)c(O)c(OC(=O)c4cc(O)c(O)c(O)c4)c3)cc(O)c2O)cc(O)c1O. The number of hydrogen-bond donors (Lipinski definition) is 24. The minimum absolute atomic E-state index is 0.431. The second-order valence-corrected chi connectivity index (χ2v) is 28.5. The summed E-state index contributed by atoms with van der Waals surface area (Å²) in [4.78, 5) is 141. The summed E-state index contributed by atoms with van der Waals surface area (Å²) in [6.45, 7) is -1.07. The molecule has 1 aliphatic heterocycles. The molecule has 1 saturated heterocycles. The van der Waals surface area contributed by atoms with E-state index in [1.54, 1.807) is 0 Å². The lowest BCUT2D eigenvalue weighted by molar-refractivity contribution is -0.254. The number of carbonyl (C=O) groups excluding carboxylic acids is 10. The van der Waals surface area contributed by atoms with Crippen LogP contribution in [0.2, 0.25) is 0 Å². The van der Waals surface area contributed by atoms with Crippen molar-refractivity contribution in [1.82, 2.24) is 0 Å². The summed E-state index contributed by atoms with van der Waals surface area (Å²) in [6.07, 6.45) is -4.90. The summed E-state index contributed by atoms with van der Waals surface area (Å²) >= 11 is 0. The van der Waals surface area contributed by atoms with Gasteiger partial charge in [-0.25, -0.2) is 47.9 Å². The van der Waals surface area contributed by atoms with Crippen LogP contribution in [0.25, 0.3) is 0 Å². The second-order valence-electron chi connectivity index (χ2n) is 28.5. The summed E-state index contributed by atoms with van der Waals surface area (Å²) < 4.78 is 66.8. The molecule has 46 heteroatoms. The molecule has 674 valence electrons. The van der Waals surface area contributed by atoms with Gasteiger partial charge in [0.05, 0.1) is 74.8 Å². The Balaban J connectivity index is 1.04. The first kappa shape index (κ1) is 91.6. The van der Waals surface area contributed by atoms with Crippen LogP contribution in [0.15, 0.2) is 121 Å². The van der Waals surface area contributed by atoms with Crippen LogP contribution in [0.4, 0.5) is 0 Å². The molecule has 11 rings (SSSR count). The monoisotopic (exact) mass is 1800 g/mol. The Labute approximate surface area is 716 Å². The zero-order valence-electron chi connectivity index (χ0n) is 65.5. The Morgan fingerprint density at radius 1 is 0.233 bits per heavy atom. The van der Waals surface area contributed by atoms with Gasteiger partial charge in [0.1, 0.15) is 24.9 Å². The Hall–Kier alpha value is -18.1. The van der Waals surface area contributed by atoms with Crippen molar-refractivity contribution < 1.29 is 227 Å². The van der Waals surface area contributed by atoms with Crippen LogP contribution in [-0.2, 0) is 28.4 Å². The van der Waals surface area contributed by atoms with E-state index in [1.165, 1.54) is 20.8 Å². The average Bonchev–Trinajstić information content (AvgIpc) is 0.773. The Kier molecular flexibility index (Phi) is 25.9. The number of ether oxygens (including phenoxy) is 12. The first-order valence-corrected chi connectivity index (χ1v) is 36.3. The van der Waals surface area contributed by atoms with Crippen molar-refractivity contribution in [1.29, 1.82) is 0 Å². The molecule has 24 N–H and O–H groups in total. The molecule has 0 spiro atoms. The van der Waals surface area contributed by atoms with Crippen molar-refractivity contribution in [2.75, 3.05) is 26.4 Å². The summed E-state index contributed by atoms with van der Waals surface area (Å²) in [5, 5.41) is 252. The van der Waals surface area contributed by atoms with Crippen LogP contribution in [0.5, 0.6) is 172 Å². The highest BCUT2D eigenvalue weighted by Gasteiger charge is 2.51. The van der Waals surface area contributed by atoms with Crippen molar-refractivity contribution in [2.45, 2.75) is 38.8 Å². The van der Waals surface area contributed by atoms with E-state index in [-0.39, 0.29) is 0 Å². The Bertz CT molecular complexity index is 6190. The van der Waals surface area contributed by atoms with E-state index >= 15 is 4.79 Å². The van der Waals surface area contributed by atoms with Crippen LogP contribution in [0.3, 0.4) is 0 Å². The third kappa shape index (κ3) is 20.3. The van der Waals surface area contributed by atoms with Gasteiger partial charge in [-0.1, -0.05) is 0 Å². The summed E-state index contributed by atoms with van der Waals surface area (Å²) in [5.74, 6) is -56.8. The molecular formula is C83H66O46. The third-order valence-electron chi connectivity index (χ3n) is 18.5. The van der Waals surface area contributed by atoms with Gasteiger partial charge in [-0.05, 0) is 142 Å². The Morgan fingerprint density at radius 2 is 0.419 bits per heavy atom. The predicted octanol–water partition coefficient (Wildman–Crippen LogP) is 7.05. The highest BCUT2D eigenvalue weighted by molar-refractivity contribution is 6.00. The van der Waals surface area contributed by atoms with Gasteiger partial charge >= 0.3 is 59.7 Å². The van der Waals surface area contributed by atoms with E-state index in [9.17, 15) is 166 Å². The maximum absolute atomic E-state index is 15.0. The molecule has 1 fully saturated rings. The van der Waals surface area contributed by atoms with Crippen LogP contribution in [-0.4, -0.2) is 227 Å². The molecule has 0 amide bonds. The topological polar surface area (TPSA) is 767 Å². The maximum atomic E-state index is 15.0.